The molecule has 0 radical (unpaired) electrons. The Kier molecular flexibility index (Phi) is 14.6. The predicted octanol–water partition coefficient (Wildman–Crippen LogP) is 4.09. The number of ether oxygens (including phenoxy) is 2. The molecule has 0 spiro atoms. The first-order chi connectivity index (χ1) is 14.0. The molecule has 1 aliphatic rings. The van der Waals surface area contributed by atoms with Crippen LogP contribution in [0.25, 0.3) is 0 Å². The van der Waals surface area contributed by atoms with Crippen LogP contribution in [0.2, 0.25) is 0 Å². The Bertz CT molecular complexity index is 414. The van der Waals surface area contributed by atoms with Gasteiger partial charge in [-0.1, -0.05) is 90.9 Å². The zero-order valence-corrected chi connectivity index (χ0v) is 18.6. The number of hydrogen-bond donors (Lipinski definition) is 3. The van der Waals surface area contributed by atoms with E-state index in [0.29, 0.717) is 0 Å². The summed E-state index contributed by atoms with van der Waals surface area (Å²) in [6.07, 6.45) is 11.8. The number of aliphatic hydroxyl groups is 3. The highest BCUT2D eigenvalue weighted by Crippen LogP contribution is 2.22. The van der Waals surface area contributed by atoms with E-state index in [0.717, 1.165) is 25.2 Å². The minimum atomic E-state index is -1.31. The Morgan fingerprint density at radius 3 is 1.76 bits per heavy atom. The van der Waals surface area contributed by atoms with Crippen LogP contribution in [0.5, 0.6) is 0 Å². The van der Waals surface area contributed by atoms with Crippen LogP contribution >= 0.6 is 0 Å². The minimum Gasteiger partial charge on any atom is -0.433 e. The number of hydrogen-bond acceptors (Lipinski definition) is 6. The number of carbonyl (C=O) groups excluding carboxylic acids is 1. The Morgan fingerprint density at radius 2 is 1.31 bits per heavy atom. The summed E-state index contributed by atoms with van der Waals surface area (Å²) < 4.78 is 10.2. The standard InChI is InChI=1S/C23H44O6/c1-18(2)15-13-11-9-7-5-3-4-6-8-10-12-14-16-20(25)29-23-22(27)21(26)19(17-24)28-23/h18-19,21-24,26-27H,3-17H2,1-2H3/t19-,21-,22-,23?/m1/s1. The van der Waals surface area contributed by atoms with Crippen molar-refractivity contribution in [3.63, 3.8) is 0 Å². The summed E-state index contributed by atoms with van der Waals surface area (Å²) >= 11 is 0. The molecule has 172 valence electrons. The zero-order valence-electron chi connectivity index (χ0n) is 18.6. The van der Waals surface area contributed by atoms with Crippen LogP contribution in [0.1, 0.15) is 104 Å². The summed E-state index contributed by atoms with van der Waals surface area (Å²) in [6.45, 7) is 4.16. The van der Waals surface area contributed by atoms with Crippen molar-refractivity contribution in [3.05, 3.63) is 0 Å². The lowest BCUT2D eigenvalue weighted by molar-refractivity contribution is -0.190. The normalized spacial score (nSPS) is 24.3. The Morgan fingerprint density at radius 1 is 0.828 bits per heavy atom. The van der Waals surface area contributed by atoms with Gasteiger partial charge in [-0.15, -0.1) is 0 Å². The van der Waals surface area contributed by atoms with Gasteiger partial charge in [-0.3, -0.25) is 4.79 Å². The first kappa shape index (κ1) is 26.3. The third kappa shape index (κ3) is 11.9. The SMILES string of the molecule is CC(C)CCCCCCCCCCCCCCC(=O)OC1O[C@H](CO)[C@@H](O)[C@H]1O. The van der Waals surface area contributed by atoms with Gasteiger partial charge in [0.15, 0.2) is 0 Å². The average Bonchev–Trinajstić information content (AvgIpc) is 2.95. The smallest absolute Gasteiger partial charge is 0.308 e. The second-order valence-corrected chi connectivity index (χ2v) is 8.87. The van der Waals surface area contributed by atoms with Crippen molar-refractivity contribution in [1.82, 2.24) is 0 Å². The van der Waals surface area contributed by atoms with Crippen molar-refractivity contribution in [1.29, 1.82) is 0 Å². The molecule has 29 heavy (non-hydrogen) atoms. The summed E-state index contributed by atoms with van der Waals surface area (Å²) in [6, 6.07) is 0. The number of aliphatic hydroxyl groups excluding tert-OH is 3. The van der Waals surface area contributed by atoms with E-state index < -0.39 is 37.2 Å². The Labute approximate surface area is 177 Å². The average molecular weight is 417 g/mol. The molecule has 0 bridgehead atoms. The summed E-state index contributed by atoms with van der Waals surface area (Å²) in [4.78, 5) is 11.8. The molecule has 0 aromatic carbocycles. The van der Waals surface area contributed by atoms with Crippen molar-refractivity contribution in [2.24, 2.45) is 5.92 Å². The molecule has 1 unspecified atom stereocenters. The molecule has 4 atom stereocenters. The van der Waals surface area contributed by atoms with Gasteiger partial charge in [-0.25, -0.2) is 0 Å². The number of rotatable bonds is 17. The van der Waals surface area contributed by atoms with Crippen molar-refractivity contribution in [3.8, 4) is 0 Å². The molecule has 0 aromatic heterocycles. The lowest BCUT2D eigenvalue weighted by atomic mass is 10.0. The highest BCUT2D eigenvalue weighted by molar-refractivity contribution is 5.69. The van der Waals surface area contributed by atoms with Crippen molar-refractivity contribution < 1.29 is 29.6 Å². The number of unbranched alkanes of at least 4 members (excludes halogenated alkanes) is 11. The molecule has 1 heterocycles. The van der Waals surface area contributed by atoms with E-state index in [2.05, 4.69) is 13.8 Å². The fourth-order valence-electron chi connectivity index (χ4n) is 3.74. The van der Waals surface area contributed by atoms with E-state index in [1.807, 2.05) is 0 Å². The van der Waals surface area contributed by atoms with Gasteiger partial charge in [-0.2, -0.15) is 0 Å². The predicted molar refractivity (Wildman–Crippen MR) is 113 cm³/mol. The van der Waals surface area contributed by atoms with Crippen LogP contribution < -0.4 is 0 Å². The highest BCUT2D eigenvalue weighted by atomic mass is 16.7. The van der Waals surface area contributed by atoms with E-state index in [1.165, 1.54) is 64.2 Å². The lowest BCUT2D eigenvalue weighted by Crippen LogP contribution is -2.35. The van der Waals surface area contributed by atoms with Crippen LogP contribution in [-0.4, -0.2) is 52.5 Å². The second kappa shape index (κ2) is 16.1. The third-order valence-electron chi connectivity index (χ3n) is 5.66. The molecular weight excluding hydrogens is 372 g/mol. The highest BCUT2D eigenvalue weighted by Gasteiger charge is 2.44. The summed E-state index contributed by atoms with van der Waals surface area (Å²) in [5, 5.41) is 28.4. The van der Waals surface area contributed by atoms with Crippen molar-refractivity contribution in [2.75, 3.05) is 6.61 Å². The molecule has 0 aromatic rings. The molecule has 0 amide bonds. The Balaban J connectivity index is 1.87. The molecule has 1 aliphatic heterocycles. The summed E-state index contributed by atoms with van der Waals surface area (Å²) in [5.74, 6) is 0.400. The van der Waals surface area contributed by atoms with Crippen molar-refractivity contribution >= 4 is 5.97 Å². The number of esters is 1. The molecule has 1 rings (SSSR count). The Hall–Kier alpha value is -0.690. The third-order valence-corrected chi connectivity index (χ3v) is 5.66. The summed E-state index contributed by atoms with van der Waals surface area (Å²) in [7, 11) is 0. The topological polar surface area (TPSA) is 96.2 Å². The van der Waals surface area contributed by atoms with Gasteiger partial charge < -0.3 is 24.8 Å². The van der Waals surface area contributed by atoms with Crippen LogP contribution in [0.4, 0.5) is 0 Å². The molecule has 1 fully saturated rings. The monoisotopic (exact) mass is 416 g/mol. The minimum absolute atomic E-state index is 0.281. The van der Waals surface area contributed by atoms with Crippen LogP contribution in [0.3, 0.4) is 0 Å². The molecule has 6 nitrogen and oxygen atoms in total. The van der Waals surface area contributed by atoms with Gasteiger partial charge in [-0.05, 0) is 12.3 Å². The van der Waals surface area contributed by atoms with Crippen LogP contribution in [0.15, 0.2) is 0 Å². The van der Waals surface area contributed by atoms with Gasteiger partial charge >= 0.3 is 5.97 Å². The molecule has 3 N–H and O–H groups in total. The molecule has 6 heteroatoms. The van der Waals surface area contributed by atoms with E-state index in [4.69, 9.17) is 14.6 Å². The fourth-order valence-corrected chi connectivity index (χ4v) is 3.74. The molecular formula is C23H44O6. The van der Waals surface area contributed by atoms with E-state index in [9.17, 15) is 15.0 Å². The fraction of sp³-hybridized carbons (Fsp3) is 0.957. The summed E-state index contributed by atoms with van der Waals surface area (Å²) in [5.41, 5.74) is 0. The van der Waals surface area contributed by atoms with E-state index in [-0.39, 0.29) is 6.42 Å². The first-order valence-corrected chi connectivity index (χ1v) is 11.8. The van der Waals surface area contributed by atoms with E-state index in [1.54, 1.807) is 0 Å². The second-order valence-electron chi connectivity index (χ2n) is 8.87. The van der Waals surface area contributed by atoms with E-state index >= 15 is 0 Å². The largest absolute Gasteiger partial charge is 0.433 e. The van der Waals surface area contributed by atoms with Gasteiger partial charge in [0.05, 0.1) is 6.61 Å². The maximum Gasteiger partial charge on any atom is 0.308 e. The first-order valence-electron chi connectivity index (χ1n) is 11.8. The molecule has 0 aliphatic carbocycles. The van der Waals surface area contributed by atoms with Crippen LogP contribution in [0, 0.1) is 5.92 Å². The van der Waals surface area contributed by atoms with Gasteiger partial charge in [0.2, 0.25) is 6.29 Å². The van der Waals surface area contributed by atoms with Gasteiger partial charge in [0.25, 0.3) is 0 Å². The van der Waals surface area contributed by atoms with Gasteiger partial charge in [0.1, 0.15) is 18.3 Å². The zero-order chi connectivity index (χ0) is 21.5. The maximum atomic E-state index is 11.8. The molecule has 0 saturated carbocycles. The lowest BCUT2D eigenvalue weighted by Gasteiger charge is -2.15. The van der Waals surface area contributed by atoms with Crippen molar-refractivity contribution in [2.45, 2.75) is 128 Å². The molecule has 1 saturated heterocycles. The number of carbonyl (C=O) groups is 1. The maximum absolute atomic E-state index is 11.8. The van der Waals surface area contributed by atoms with Gasteiger partial charge in [0, 0.05) is 6.42 Å². The quantitative estimate of drug-likeness (QED) is 0.244. The van der Waals surface area contributed by atoms with Crippen LogP contribution in [-0.2, 0) is 14.3 Å².